The van der Waals surface area contributed by atoms with Crippen LogP contribution in [-0.4, -0.2) is 43.0 Å². The first kappa shape index (κ1) is 17.8. The van der Waals surface area contributed by atoms with Gasteiger partial charge in [-0.05, 0) is 26.0 Å². The second-order valence-corrected chi connectivity index (χ2v) is 7.10. The molecule has 1 aliphatic rings. The summed E-state index contributed by atoms with van der Waals surface area (Å²) in [6.07, 6.45) is 0. The van der Waals surface area contributed by atoms with Crippen LogP contribution in [0.3, 0.4) is 0 Å². The molecule has 0 radical (unpaired) electrons. The van der Waals surface area contributed by atoms with Crippen molar-refractivity contribution in [2.24, 2.45) is 0 Å². The van der Waals surface area contributed by atoms with Crippen LogP contribution in [0, 0.1) is 13.8 Å². The molecular formula is C15H13N3O7S. The summed E-state index contributed by atoms with van der Waals surface area (Å²) >= 11 is 0. The Labute approximate surface area is 147 Å². The zero-order valence-corrected chi connectivity index (χ0v) is 14.5. The van der Waals surface area contributed by atoms with Crippen LogP contribution in [0.4, 0.5) is 0 Å². The number of amides is 2. The van der Waals surface area contributed by atoms with E-state index in [1.165, 1.54) is 26.0 Å². The Balaban J connectivity index is 1.67. The lowest BCUT2D eigenvalue weighted by Gasteiger charge is -2.13. The van der Waals surface area contributed by atoms with E-state index in [1.54, 1.807) is 12.1 Å². The van der Waals surface area contributed by atoms with E-state index in [-0.39, 0.29) is 27.5 Å². The molecule has 0 saturated heterocycles. The van der Waals surface area contributed by atoms with Gasteiger partial charge in [-0.3, -0.25) is 9.59 Å². The first-order chi connectivity index (χ1) is 12.2. The lowest BCUT2D eigenvalue weighted by atomic mass is 10.1. The van der Waals surface area contributed by atoms with Crippen molar-refractivity contribution in [3.05, 3.63) is 46.8 Å². The zero-order valence-electron chi connectivity index (χ0n) is 13.7. The van der Waals surface area contributed by atoms with Crippen LogP contribution in [0.25, 0.3) is 0 Å². The van der Waals surface area contributed by atoms with Crippen LogP contribution in [0.5, 0.6) is 0 Å². The number of carbonyl (C=O) groups is 3. The molecule has 1 aromatic heterocycles. The van der Waals surface area contributed by atoms with Crippen LogP contribution >= 0.6 is 0 Å². The summed E-state index contributed by atoms with van der Waals surface area (Å²) in [7, 11) is -4.08. The Bertz CT molecular complexity index is 971. The predicted octanol–water partition coefficient (Wildman–Crippen LogP) is 0.324. The molecule has 0 unspecified atom stereocenters. The molecule has 0 fully saturated rings. The Morgan fingerprint density at radius 1 is 1.19 bits per heavy atom. The van der Waals surface area contributed by atoms with E-state index in [2.05, 4.69) is 5.16 Å². The number of aromatic nitrogens is 1. The van der Waals surface area contributed by atoms with E-state index in [4.69, 9.17) is 9.36 Å². The van der Waals surface area contributed by atoms with Crippen molar-refractivity contribution in [3.63, 3.8) is 0 Å². The minimum Gasteiger partial charge on any atom is -0.360 e. The lowest BCUT2D eigenvalue weighted by Crippen LogP contribution is -2.38. The summed E-state index contributed by atoms with van der Waals surface area (Å²) in [6, 6.07) is 5.97. The molecule has 1 aliphatic heterocycles. The van der Waals surface area contributed by atoms with E-state index in [9.17, 15) is 22.8 Å². The highest BCUT2D eigenvalue weighted by molar-refractivity contribution is 7.89. The second kappa shape index (κ2) is 6.35. The minimum absolute atomic E-state index is 0.0590. The molecule has 26 heavy (non-hydrogen) atoms. The number of hydrogen-bond acceptors (Lipinski definition) is 8. The summed E-state index contributed by atoms with van der Waals surface area (Å²) < 4.78 is 31.2. The predicted molar refractivity (Wildman–Crippen MR) is 84.2 cm³/mol. The van der Waals surface area contributed by atoms with Crippen molar-refractivity contribution in [2.45, 2.75) is 18.7 Å². The molecule has 3 rings (SSSR count). The summed E-state index contributed by atoms with van der Waals surface area (Å²) in [5.41, 5.74) is 0.326. The topological polar surface area (TPSA) is 136 Å². The van der Waals surface area contributed by atoms with Crippen molar-refractivity contribution in [3.8, 4) is 0 Å². The van der Waals surface area contributed by atoms with Crippen LogP contribution in [0.1, 0.15) is 32.2 Å². The van der Waals surface area contributed by atoms with Crippen molar-refractivity contribution in [1.82, 2.24) is 14.9 Å². The molecule has 11 heteroatoms. The fourth-order valence-corrected chi connectivity index (χ4v) is 3.76. The van der Waals surface area contributed by atoms with E-state index in [1.807, 2.05) is 4.72 Å². The van der Waals surface area contributed by atoms with Gasteiger partial charge in [0, 0.05) is 0 Å². The van der Waals surface area contributed by atoms with Gasteiger partial charge in [-0.1, -0.05) is 22.4 Å². The van der Waals surface area contributed by atoms with Crippen molar-refractivity contribution >= 4 is 27.8 Å². The highest BCUT2D eigenvalue weighted by Gasteiger charge is 2.38. The molecule has 0 saturated carbocycles. The molecule has 2 aromatic rings. The van der Waals surface area contributed by atoms with Gasteiger partial charge in [-0.15, -0.1) is 0 Å². The normalized spacial score (nSPS) is 13.8. The van der Waals surface area contributed by atoms with Crippen molar-refractivity contribution in [2.75, 3.05) is 6.54 Å². The number of carbonyl (C=O) groups excluding carboxylic acids is 3. The molecule has 2 heterocycles. The van der Waals surface area contributed by atoms with Gasteiger partial charge in [0.05, 0.1) is 11.1 Å². The Hall–Kier alpha value is -3.05. The van der Waals surface area contributed by atoms with Crippen LogP contribution < -0.4 is 4.72 Å². The molecule has 1 N–H and O–H groups in total. The molecule has 136 valence electrons. The third-order valence-corrected chi connectivity index (χ3v) is 5.24. The molecule has 0 bridgehead atoms. The van der Waals surface area contributed by atoms with Crippen molar-refractivity contribution < 1.29 is 32.2 Å². The van der Waals surface area contributed by atoms with E-state index < -0.39 is 34.4 Å². The SMILES string of the molecule is Cc1noc(C)c1S(=O)(=O)NCC(=O)ON1C(=O)c2ccccc2C1=O. The third-order valence-electron chi connectivity index (χ3n) is 3.59. The standard InChI is InChI=1S/C15H13N3O7S/c1-8-13(9(2)24-17-8)26(22,23)16-7-12(19)25-18-14(20)10-5-3-4-6-11(10)15(18)21/h3-6,16H,7H2,1-2H3. The third kappa shape index (κ3) is 2.97. The molecule has 2 amide bonds. The zero-order chi connectivity index (χ0) is 19.1. The van der Waals surface area contributed by atoms with Gasteiger partial charge in [-0.2, -0.15) is 4.72 Å². The van der Waals surface area contributed by atoms with Crippen LogP contribution in [-0.2, 0) is 19.7 Å². The minimum atomic E-state index is -4.08. The largest absolute Gasteiger partial charge is 0.360 e. The van der Waals surface area contributed by atoms with Crippen LogP contribution in [0.15, 0.2) is 33.7 Å². The molecule has 0 aliphatic carbocycles. The number of imide groups is 1. The summed E-state index contributed by atoms with van der Waals surface area (Å²) in [4.78, 5) is 40.6. The number of rotatable bonds is 5. The maximum absolute atomic E-state index is 12.2. The van der Waals surface area contributed by atoms with Crippen molar-refractivity contribution in [1.29, 1.82) is 0 Å². The fraction of sp³-hybridized carbons (Fsp3) is 0.200. The molecule has 1 aromatic carbocycles. The average Bonchev–Trinajstić information content (AvgIpc) is 3.06. The van der Waals surface area contributed by atoms with E-state index in [0.717, 1.165) is 0 Å². The number of hydroxylamine groups is 2. The maximum Gasteiger partial charge on any atom is 0.347 e. The molecule has 0 spiro atoms. The lowest BCUT2D eigenvalue weighted by molar-refractivity contribution is -0.166. The molecular weight excluding hydrogens is 366 g/mol. The number of fused-ring (bicyclic) bond motifs is 1. The summed E-state index contributed by atoms with van der Waals surface area (Å²) in [5.74, 6) is -2.67. The van der Waals surface area contributed by atoms with Gasteiger partial charge in [0.25, 0.3) is 11.8 Å². The number of benzene rings is 1. The summed E-state index contributed by atoms with van der Waals surface area (Å²) in [5, 5.41) is 3.83. The number of nitrogens with one attached hydrogen (secondary N) is 1. The first-order valence-electron chi connectivity index (χ1n) is 7.33. The van der Waals surface area contributed by atoms with Gasteiger partial charge in [0.2, 0.25) is 10.0 Å². The maximum atomic E-state index is 12.2. The van der Waals surface area contributed by atoms with Gasteiger partial charge in [0.1, 0.15) is 17.1 Å². The van der Waals surface area contributed by atoms with Crippen LogP contribution in [0.2, 0.25) is 0 Å². The second-order valence-electron chi connectivity index (χ2n) is 5.39. The average molecular weight is 379 g/mol. The van der Waals surface area contributed by atoms with Gasteiger partial charge in [0.15, 0.2) is 5.76 Å². The van der Waals surface area contributed by atoms with Gasteiger partial charge in [-0.25, -0.2) is 13.2 Å². The Morgan fingerprint density at radius 2 is 1.77 bits per heavy atom. The Kier molecular flexibility index (Phi) is 4.34. The molecule has 0 atom stereocenters. The first-order valence-corrected chi connectivity index (χ1v) is 8.82. The number of nitrogens with zero attached hydrogens (tertiary/aromatic N) is 2. The quantitative estimate of drug-likeness (QED) is 0.734. The van der Waals surface area contributed by atoms with Gasteiger partial charge < -0.3 is 9.36 Å². The highest BCUT2D eigenvalue weighted by Crippen LogP contribution is 2.23. The smallest absolute Gasteiger partial charge is 0.347 e. The monoisotopic (exact) mass is 379 g/mol. The Morgan fingerprint density at radius 3 is 2.27 bits per heavy atom. The number of sulfonamides is 1. The number of aryl methyl sites for hydroxylation is 2. The van der Waals surface area contributed by atoms with E-state index >= 15 is 0 Å². The fourth-order valence-electron chi connectivity index (χ4n) is 2.47. The summed E-state index contributed by atoms with van der Waals surface area (Å²) in [6.45, 7) is 2.05. The van der Waals surface area contributed by atoms with Gasteiger partial charge >= 0.3 is 5.97 Å². The van der Waals surface area contributed by atoms with E-state index in [0.29, 0.717) is 5.06 Å². The molecule has 10 nitrogen and oxygen atoms in total. The highest BCUT2D eigenvalue weighted by atomic mass is 32.2. The number of hydrogen-bond donors (Lipinski definition) is 1.